The van der Waals surface area contributed by atoms with Crippen molar-refractivity contribution in [2.24, 2.45) is 0 Å². The predicted octanol–water partition coefficient (Wildman–Crippen LogP) is 3.08. The van der Waals surface area contributed by atoms with Gasteiger partial charge in [-0.05, 0) is 38.3 Å². The molecule has 1 N–H and O–H groups in total. The van der Waals surface area contributed by atoms with Gasteiger partial charge >= 0.3 is 0 Å². The first kappa shape index (κ1) is 15.1. The maximum atomic E-state index is 9.85. The summed E-state index contributed by atoms with van der Waals surface area (Å²) in [5.74, 6) is 1.45. The zero-order valence-corrected chi connectivity index (χ0v) is 12.5. The second kappa shape index (κ2) is 6.95. The number of benzene rings is 1. The Bertz CT molecular complexity index is 430. The minimum Gasteiger partial charge on any atom is -0.497 e. The van der Waals surface area contributed by atoms with Crippen LogP contribution in [0, 0.1) is 0 Å². The fraction of sp³-hybridized carbons (Fsp3) is 0.625. The van der Waals surface area contributed by atoms with Crippen LogP contribution in [0.25, 0.3) is 0 Å². The van der Waals surface area contributed by atoms with Crippen molar-refractivity contribution in [1.82, 2.24) is 0 Å². The van der Waals surface area contributed by atoms with E-state index in [9.17, 15) is 5.11 Å². The van der Waals surface area contributed by atoms with Crippen LogP contribution in [-0.4, -0.2) is 31.5 Å². The minimum absolute atomic E-state index is 0.137. The smallest absolute Gasteiger partial charge is 0.129 e. The van der Waals surface area contributed by atoms with Crippen molar-refractivity contribution < 1.29 is 19.3 Å². The van der Waals surface area contributed by atoms with E-state index in [4.69, 9.17) is 14.2 Å². The molecule has 0 heterocycles. The first-order valence-electron chi connectivity index (χ1n) is 7.19. The van der Waals surface area contributed by atoms with E-state index in [1.807, 2.05) is 18.2 Å². The fourth-order valence-corrected chi connectivity index (χ4v) is 2.69. The molecule has 0 spiro atoms. The predicted molar refractivity (Wildman–Crippen MR) is 77.3 cm³/mol. The summed E-state index contributed by atoms with van der Waals surface area (Å²) in [6, 6.07) is 5.54. The molecule has 0 saturated heterocycles. The van der Waals surface area contributed by atoms with Crippen LogP contribution in [0.2, 0.25) is 0 Å². The Balaban J connectivity index is 2.14. The van der Waals surface area contributed by atoms with Gasteiger partial charge in [0.25, 0.3) is 0 Å². The van der Waals surface area contributed by atoms with Crippen LogP contribution in [0.15, 0.2) is 18.2 Å². The van der Waals surface area contributed by atoms with Crippen LogP contribution >= 0.6 is 0 Å². The minimum atomic E-state index is -0.558. The molecule has 1 aromatic rings. The summed E-state index contributed by atoms with van der Waals surface area (Å²) in [5, 5.41) is 9.85. The lowest BCUT2D eigenvalue weighted by molar-refractivity contribution is 0.0199. The van der Waals surface area contributed by atoms with Gasteiger partial charge in [0.2, 0.25) is 0 Å². The van der Waals surface area contributed by atoms with Gasteiger partial charge in [-0.1, -0.05) is 0 Å². The molecule has 0 amide bonds. The summed E-state index contributed by atoms with van der Waals surface area (Å²) in [7, 11) is 3.38. The summed E-state index contributed by atoms with van der Waals surface area (Å²) in [4.78, 5) is 0. The zero-order valence-electron chi connectivity index (χ0n) is 12.5. The molecule has 1 aromatic carbocycles. The average molecular weight is 280 g/mol. The molecule has 20 heavy (non-hydrogen) atoms. The van der Waals surface area contributed by atoms with Crippen LogP contribution < -0.4 is 9.47 Å². The van der Waals surface area contributed by atoms with Gasteiger partial charge in [0.05, 0.1) is 19.3 Å². The molecule has 2 rings (SSSR count). The Morgan fingerprint density at radius 2 is 1.95 bits per heavy atom. The highest BCUT2D eigenvalue weighted by atomic mass is 16.5. The molecule has 2 unspecified atom stereocenters. The van der Waals surface area contributed by atoms with Gasteiger partial charge in [-0.15, -0.1) is 0 Å². The molecule has 4 nitrogen and oxygen atoms in total. The quantitative estimate of drug-likeness (QED) is 0.900. The van der Waals surface area contributed by atoms with Crippen LogP contribution in [-0.2, 0) is 4.74 Å². The van der Waals surface area contributed by atoms with Crippen molar-refractivity contribution >= 4 is 0 Å². The number of hydrogen-bond donors (Lipinski definition) is 1. The van der Waals surface area contributed by atoms with E-state index in [2.05, 4.69) is 0 Å². The summed E-state index contributed by atoms with van der Waals surface area (Å²) in [6.07, 6.45) is 3.98. The lowest BCUT2D eigenvalue weighted by atomic mass is 9.94. The molecule has 0 aromatic heterocycles. The maximum Gasteiger partial charge on any atom is 0.129 e. The summed E-state index contributed by atoms with van der Waals surface area (Å²) >= 11 is 0. The third kappa shape index (κ3) is 3.64. The molecule has 1 fully saturated rings. The number of aliphatic hydroxyl groups is 1. The molecule has 1 aliphatic carbocycles. The molecule has 0 aliphatic heterocycles. The van der Waals surface area contributed by atoms with Crippen molar-refractivity contribution in [1.29, 1.82) is 0 Å². The van der Waals surface area contributed by atoms with Crippen LogP contribution in [0.4, 0.5) is 0 Å². The van der Waals surface area contributed by atoms with E-state index in [1.165, 1.54) is 0 Å². The van der Waals surface area contributed by atoms with E-state index in [1.54, 1.807) is 21.1 Å². The monoisotopic (exact) mass is 280 g/mol. The van der Waals surface area contributed by atoms with Gasteiger partial charge in [0.15, 0.2) is 0 Å². The summed E-state index contributed by atoms with van der Waals surface area (Å²) in [5.41, 5.74) is 0.797. The van der Waals surface area contributed by atoms with Crippen molar-refractivity contribution in [2.45, 2.75) is 50.9 Å². The van der Waals surface area contributed by atoms with E-state index < -0.39 is 6.10 Å². The van der Waals surface area contributed by atoms with Crippen molar-refractivity contribution in [2.75, 3.05) is 14.2 Å². The van der Waals surface area contributed by atoms with Crippen LogP contribution in [0.1, 0.15) is 44.3 Å². The van der Waals surface area contributed by atoms with E-state index in [-0.39, 0.29) is 12.2 Å². The lowest BCUT2D eigenvalue weighted by Crippen LogP contribution is -2.29. The van der Waals surface area contributed by atoms with Gasteiger partial charge in [-0.2, -0.15) is 0 Å². The molecule has 0 radical (unpaired) electrons. The Hall–Kier alpha value is -1.26. The molecule has 0 bridgehead atoms. The van der Waals surface area contributed by atoms with Crippen molar-refractivity contribution in [3.05, 3.63) is 23.8 Å². The third-order valence-corrected chi connectivity index (χ3v) is 3.88. The molecule has 3 atom stereocenters. The van der Waals surface area contributed by atoms with E-state index in [0.717, 1.165) is 37.0 Å². The number of methoxy groups -OCH3 is 2. The van der Waals surface area contributed by atoms with Crippen molar-refractivity contribution in [3.8, 4) is 11.5 Å². The second-order valence-corrected chi connectivity index (χ2v) is 5.34. The third-order valence-electron chi connectivity index (χ3n) is 3.88. The zero-order chi connectivity index (χ0) is 14.5. The number of rotatable bonds is 5. The lowest BCUT2D eigenvalue weighted by Gasteiger charge is -2.29. The normalized spacial score (nSPS) is 24.2. The molecule has 1 saturated carbocycles. The van der Waals surface area contributed by atoms with Gasteiger partial charge in [0, 0.05) is 25.2 Å². The SMILES string of the molecule is COc1ccc([C@@H](C)O)c(OC2CCCC(OC)C2)c1. The van der Waals surface area contributed by atoms with Gasteiger partial charge in [-0.3, -0.25) is 0 Å². The van der Waals surface area contributed by atoms with Crippen LogP contribution in [0.5, 0.6) is 11.5 Å². The summed E-state index contributed by atoms with van der Waals surface area (Å²) < 4.78 is 16.8. The van der Waals surface area contributed by atoms with Gasteiger partial charge in [-0.25, -0.2) is 0 Å². The Morgan fingerprint density at radius 1 is 1.20 bits per heavy atom. The molecule has 4 heteroatoms. The highest BCUT2D eigenvalue weighted by molar-refractivity contribution is 5.42. The Morgan fingerprint density at radius 3 is 2.60 bits per heavy atom. The van der Waals surface area contributed by atoms with Crippen LogP contribution in [0.3, 0.4) is 0 Å². The average Bonchev–Trinajstić information content (AvgIpc) is 2.47. The number of ether oxygens (including phenoxy) is 3. The topological polar surface area (TPSA) is 47.9 Å². The largest absolute Gasteiger partial charge is 0.497 e. The maximum absolute atomic E-state index is 9.85. The standard InChI is InChI=1S/C16H24O4/c1-11(17)15-8-7-13(19-3)10-16(15)20-14-6-4-5-12(9-14)18-2/h7-8,10-12,14,17H,4-6,9H2,1-3H3/t11-,12?,14?/m1/s1. The molecular weight excluding hydrogens is 256 g/mol. The van der Waals surface area contributed by atoms with Crippen molar-refractivity contribution in [3.63, 3.8) is 0 Å². The van der Waals surface area contributed by atoms with E-state index >= 15 is 0 Å². The molecule has 112 valence electrons. The first-order valence-corrected chi connectivity index (χ1v) is 7.19. The summed E-state index contributed by atoms with van der Waals surface area (Å²) in [6.45, 7) is 1.74. The fourth-order valence-electron chi connectivity index (χ4n) is 2.69. The highest BCUT2D eigenvalue weighted by Gasteiger charge is 2.24. The Kier molecular flexibility index (Phi) is 5.26. The number of aliphatic hydroxyl groups excluding tert-OH is 1. The first-order chi connectivity index (χ1) is 9.63. The highest BCUT2D eigenvalue weighted by Crippen LogP contribution is 2.33. The second-order valence-electron chi connectivity index (χ2n) is 5.34. The van der Waals surface area contributed by atoms with Gasteiger partial charge in [0.1, 0.15) is 17.6 Å². The van der Waals surface area contributed by atoms with Gasteiger partial charge < -0.3 is 19.3 Å². The number of hydrogen-bond acceptors (Lipinski definition) is 4. The van der Waals surface area contributed by atoms with E-state index in [0.29, 0.717) is 5.75 Å². The molecular formula is C16H24O4. The molecule has 1 aliphatic rings. The Labute approximate surface area is 120 Å².